The van der Waals surface area contributed by atoms with Crippen LogP contribution >= 0.6 is 38.9 Å². The summed E-state index contributed by atoms with van der Waals surface area (Å²) in [5, 5.41) is 9.53. The number of allylic oxidation sites excluding steroid dienone is 1. The Bertz CT molecular complexity index is 1980. The van der Waals surface area contributed by atoms with E-state index in [9.17, 15) is 9.59 Å². The summed E-state index contributed by atoms with van der Waals surface area (Å²) in [5.74, 6) is 0.603. The highest BCUT2D eigenvalue weighted by Gasteiger charge is 2.33. The molecule has 0 bridgehead atoms. The molecule has 0 aliphatic carbocycles. The molecule has 0 radical (unpaired) electrons. The van der Waals surface area contributed by atoms with Crippen molar-refractivity contribution in [2.75, 3.05) is 13.7 Å². The lowest BCUT2D eigenvalue weighted by molar-refractivity contribution is -0.139. The molecule has 11 heteroatoms. The Kier molecular flexibility index (Phi) is 9.16. The Hall–Kier alpha value is -4.17. The van der Waals surface area contributed by atoms with Gasteiger partial charge < -0.3 is 14.2 Å². The van der Waals surface area contributed by atoms with Gasteiger partial charge in [0.25, 0.3) is 5.56 Å². The van der Waals surface area contributed by atoms with Crippen LogP contribution in [0.3, 0.4) is 0 Å². The minimum atomic E-state index is -0.772. The number of ether oxygens (including phenoxy) is 3. The summed E-state index contributed by atoms with van der Waals surface area (Å²) in [6.07, 6.45) is 1.72. The number of nitrogens with zero attached hydrogens (tertiary/aromatic N) is 3. The van der Waals surface area contributed by atoms with Crippen LogP contribution in [-0.4, -0.2) is 24.3 Å². The van der Waals surface area contributed by atoms with E-state index in [4.69, 9.17) is 31.1 Å². The molecule has 1 aliphatic heterocycles. The normalized spacial score (nSPS) is 14.5. The number of nitriles is 1. The Labute approximate surface area is 264 Å². The molecular formula is C32H25BrClN3O5S. The van der Waals surface area contributed by atoms with Gasteiger partial charge in [-0.05, 0) is 89.4 Å². The molecule has 1 aliphatic rings. The van der Waals surface area contributed by atoms with E-state index in [0.717, 1.165) is 5.56 Å². The number of hydrogen-bond donors (Lipinski definition) is 0. The second-order valence-electron chi connectivity index (χ2n) is 9.48. The van der Waals surface area contributed by atoms with Gasteiger partial charge in [-0.2, -0.15) is 5.26 Å². The first-order valence-corrected chi connectivity index (χ1v) is 15.2. The number of benzene rings is 3. The van der Waals surface area contributed by atoms with Gasteiger partial charge in [-0.15, -0.1) is 0 Å². The monoisotopic (exact) mass is 677 g/mol. The fourth-order valence-corrected chi connectivity index (χ4v) is 6.48. The van der Waals surface area contributed by atoms with Crippen molar-refractivity contribution in [3.8, 4) is 17.6 Å². The summed E-state index contributed by atoms with van der Waals surface area (Å²) < 4.78 is 19.5. The Balaban J connectivity index is 1.61. The van der Waals surface area contributed by atoms with E-state index in [1.165, 1.54) is 15.9 Å². The number of rotatable bonds is 8. The number of carbonyl (C=O) groups excluding carboxylic acids is 1. The Morgan fingerprint density at radius 2 is 1.91 bits per heavy atom. The van der Waals surface area contributed by atoms with E-state index in [2.05, 4.69) is 27.0 Å². The third-order valence-corrected chi connectivity index (χ3v) is 8.58. The van der Waals surface area contributed by atoms with Crippen molar-refractivity contribution in [3.05, 3.63) is 123 Å². The zero-order valence-corrected chi connectivity index (χ0v) is 26.5. The first-order chi connectivity index (χ1) is 20.7. The van der Waals surface area contributed by atoms with Gasteiger partial charge in [0.2, 0.25) is 0 Å². The van der Waals surface area contributed by atoms with Crippen LogP contribution in [0.15, 0.2) is 86.2 Å². The molecule has 0 fully saturated rings. The first-order valence-electron chi connectivity index (χ1n) is 13.2. The molecule has 0 spiro atoms. The molecule has 0 unspecified atom stereocenters. The summed E-state index contributed by atoms with van der Waals surface area (Å²) in [7, 11) is 1.56. The summed E-state index contributed by atoms with van der Waals surface area (Å²) >= 11 is 11.1. The maximum Gasteiger partial charge on any atom is 0.338 e. The number of carbonyl (C=O) groups is 1. The van der Waals surface area contributed by atoms with Crippen LogP contribution in [0.2, 0.25) is 5.02 Å². The van der Waals surface area contributed by atoms with Crippen molar-refractivity contribution in [2.24, 2.45) is 4.99 Å². The van der Waals surface area contributed by atoms with Crippen molar-refractivity contribution in [1.82, 2.24) is 4.57 Å². The van der Waals surface area contributed by atoms with Gasteiger partial charge in [0.1, 0.15) is 18.1 Å². The fourth-order valence-electron chi connectivity index (χ4n) is 4.70. The molecule has 5 rings (SSSR count). The number of esters is 1. The van der Waals surface area contributed by atoms with Crippen LogP contribution in [0.25, 0.3) is 6.08 Å². The van der Waals surface area contributed by atoms with E-state index < -0.39 is 12.0 Å². The minimum absolute atomic E-state index is 0.180. The van der Waals surface area contributed by atoms with Crippen LogP contribution < -0.4 is 24.4 Å². The molecule has 4 aromatic rings. The highest BCUT2D eigenvalue weighted by molar-refractivity contribution is 9.10. The lowest BCUT2D eigenvalue weighted by atomic mass is 9.96. The van der Waals surface area contributed by atoms with Crippen molar-refractivity contribution in [3.63, 3.8) is 0 Å². The van der Waals surface area contributed by atoms with Crippen molar-refractivity contribution >= 4 is 50.9 Å². The second-order valence-corrected chi connectivity index (χ2v) is 11.8. The molecular weight excluding hydrogens is 654 g/mol. The minimum Gasteiger partial charge on any atom is -0.496 e. The van der Waals surface area contributed by atoms with Gasteiger partial charge in [0, 0.05) is 10.6 Å². The summed E-state index contributed by atoms with van der Waals surface area (Å²) in [5.41, 5.74) is 3.17. The quantitative estimate of drug-likeness (QED) is 0.223. The molecule has 1 atom stereocenters. The molecule has 2 heterocycles. The standard InChI is InChI=1S/C32H25BrClN3O5S/c1-4-41-31(39)28-18(2)36-32-37(29(28)21-9-11-26(40-3)24(33)14-21)30(38)27(43-32)15-22-13-23(34)10-12-25(22)42-17-20-7-5-19(16-35)6-8-20/h5-15,29H,4,17H2,1-3H3/b27-15+/t29-/m0/s1. The molecule has 43 heavy (non-hydrogen) atoms. The molecule has 3 aromatic carbocycles. The highest BCUT2D eigenvalue weighted by atomic mass is 79.9. The average molecular weight is 679 g/mol. The van der Waals surface area contributed by atoms with Gasteiger partial charge >= 0.3 is 5.97 Å². The molecule has 1 aromatic heterocycles. The fraction of sp³-hybridized carbons (Fsp3) is 0.188. The van der Waals surface area contributed by atoms with Crippen LogP contribution in [0.1, 0.15) is 42.1 Å². The van der Waals surface area contributed by atoms with E-state index in [-0.39, 0.29) is 24.3 Å². The molecule has 218 valence electrons. The SMILES string of the molecule is CCOC(=O)C1=C(C)N=c2s/c(=C/c3cc(Cl)ccc3OCc3ccc(C#N)cc3)c(=O)n2[C@H]1c1ccc(OC)c(Br)c1. The maximum absolute atomic E-state index is 14.0. The maximum atomic E-state index is 14.0. The molecule has 0 amide bonds. The molecule has 0 saturated carbocycles. The van der Waals surface area contributed by atoms with Gasteiger partial charge in [-0.3, -0.25) is 9.36 Å². The summed E-state index contributed by atoms with van der Waals surface area (Å²) in [6, 6.07) is 19.0. The number of fused-ring (bicyclic) bond motifs is 1. The Morgan fingerprint density at radius 3 is 2.58 bits per heavy atom. The predicted molar refractivity (Wildman–Crippen MR) is 168 cm³/mol. The smallest absolute Gasteiger partial charge is 0.338 e. The van der Waals surface area contributed by atoms with Gasteiger partial charge in [0.05, 0.1) is 51.7 Å². The summed E-state index contributed by atoms with van der Waals surface area (Å²) in [6.45, 7) is 3.90. The van der Waals surface area contributed by atoms with E-state index >= 15 is 0 Å². The zero-order valence-electron chi connectivity index (χ0n) is 23.4. The van der Waals surface area contributed by atoms with Gasteiger partial charge in [-0.1, -0.05) is 41.1 Å². The summed E-state index contributed by atoms with van der Waals surface area (Å²) in [4.78, 5) is 32.3. The molecule has 0 N–H and O–H groups in total. The largest absolute Gasteiger partial charge is 0.496 e. The Morgan fingerprint density at radius 1 is 1.16 bits per heavy atom. The molecule has 8 nitrogen and oxygen atoms in total. The zero-order chi connectivity index (χ0) is 30.7. The van der Waals surface area contributed by atoms with Gasteiger partial charge in [-0.25, -0.2) is 9.79 Å². The number of halogens is 2. The van der Waals surface area contributed by atoms with Crippen molar-refractivity contribution < 1.29 is 19.0 Å². The number of methoxy groups -OCH3 is 1. The lowest BCUT2D eigenvalue weighted by Crippen LogP contribution is -2.40. The highest BCUT2D eigenvalue weighted by Crippen LogP contribution is 2.35. The number of aromatic nitrogens is 1. The van der Waals surface area contributed by atoms with E-state index in [1.807, 2.05) is 24.3 Å². The third kappa shape index (κ3) is 6.30. The average Bonchev–Trinajstić information content (AvgIpc) is 3.30. The third-order valence-electron chi connectivity index (χ3n) is 6.74. The topological polar surface area (TPSA) is 103 Å². The first kappa shape index (κ1) is 30.3. The van der Waals surface area contributed by atoms with Crippen LogP contribution in [0.5, 0.6) is 11.5 Å². The lowest BCUT2D eigenvalue weighted by Gasteiger charge is -2.25. The second kappa shape index (κ2) is 13.0. The van der Waals surface area contributed by atoms with Crippen LogP contribution in [0.4, 0.5) is 0 Å². The molecule has 0 saturated heterocycles. The van der Waals surface area contributed by atoms with Crippen LogP contribution in [0, 0.1) is 11.3 Å². The van der Waals surface area contributed by atoms with E-state index in [0.29, 0.717) is 52.7 Å². The number of thiazole rings is 1. The van der Waals surface area contributed by atoms with Crippen LogP contribution in [-0.2, 0) is 16.1 Å². The van der Waals surface area contributed by atoms with Gasteiger partial charge in [0.15, 0.2) is 4.80 Å². The number of hydrogen-bond acceptors (Lipinski definition) is 8. The predicted octanol–water partition coefficient (Wildman–Crippen LogP) is 5.67. The van der Waals surface area contributed by atoms with E-state index in [1.54, 1.807) is 63.4 Å². The van der Waals surface area contributed by atoms with Crippen molar-refractivity contribution in [1.29, 1.82) is 5.26 Å². The van der Waals surface area contributed by atoms with Crippen molar-refractivity contribution in [2.45, 2.75) is 26.5 Å².